The number of ether oxygens (including phenoxy) is 1. The summed E-state index contributed by atoms with van der Waals surface area (Å²) in [5.74, 6) is 0.288. The Kier molecular flexibility index (Phi) is 4.62. The number of anilines is 1. The number of nitrogens with zero attached hydrogens (tertiary/aromatic N) is 3. The fourth-order valence-electron chi connectivity index (χ4n) is 3.95. The number of hydrogen-bond acceptors (Lipinski definition) is 4. The second kappa shape index (κ2) is 6.65. The van der Waals surface area contributed by atoms with Crippen molar-refractivity contribution in [3.8, 4) is 0 Å². The van der Waals surface area contributed by atoms with E-state index in [4.69, 9.17) is 4.74 Å². The molecule has 0 aromatic carbocycles. The number of aromatic nitrogens is 1. The maximum Gasteiger partial charge on any atom is 0.223 e. The topological polar surface area (TPSA) is 45.7 Å². The summed E-state index contributed by atoms with van der Waals surface area (Å²) < 4.78 is 5.22. The molecule has 1 aromatic rings. The smallest absolute Gasteiger partial charge is 0.223 e. The summed E-state index contributed by atoms with van der Waals surface area (Å²) in [4.78, 5) is 21.2. The molecular formula is C17H25N3O2. The van der Waals surface area contributed by atoms with E-state index in [0.717, 1.165) is 44.5 Å². The highest BCUT2D eigenvalue weighted by atomic mass is 16.5. The minimum Gasteiger partial charge on any atom is -0.383 e. The first-order valence-electron chi connectivity index (χ1n) is 8.20. The monoisotopic (exact) mass is 303 g/mol. The Balaban J connectivity index is 1.81. The fraction of sp³-hybridized carbons (Fsp3) is 0.647. The Morgan fingerprint density at radius 2 is 2.23 bits per heavy atom. The van der Waals surface area contributed by atoms with Gasteiger partial charge in [-0.25, -0.2) is 0 Å². The van der Waals surface area contributed by atoms with E-state index >= 15 is 0 Å². The Morgan fingerprint density at radius 3 is 3.00 bits per heavy atom. The summed E-state index contributed by atoms with van der Waals surface area (Å²) in [6.45, 7) is 3.27. The van der Waals surface area contributed by atoms with E-state index in [0.29, 0.717) is 19.6 Å². The number of rotatable bonds is 4. The Hall–Kier alpha value is -1.62. The summed E-state index contributed by atoms with van der Waals surface area (Å²) in [7, 11) is 1.70. The molecule has 0 aliphatic carbocycles. The van der Waals surface area contributed by atoms with Crippen molar-refractivity contribution in [2.45, 2.75) is 37.6 Å². The molecule has 0 saturated carbocycles. The molecule has 0 radical (unpaired) electrons. The number of likely N-dealkylation sites (tertiary alicyclic amines) is 1. The Bertz CT molecular complexity index is 504. The van der Waals surface area contributed by atoms with E-state index in [2.05, 4.69) is 20.9 Å². The van der Waals surface area contributed by atoms with Gasteiger partial charge in [0.25, 0.3) is 0 Å². The van der Waals surface area contributed by atoms with Gasteiger partial charge in [0.05, 0.1) is 24.0 Å². The molecule has 1 spiro atoms. The minimum absolute atomic E-state index is 0.0258. The lowest BCUT2D eigenvalue weighted by molar-refractivity contribution is -0.143. The predicted octanol–water partition coefficient (Wildman–Crippen LogP) is 2.08. The molecule has 3 heterocycles. The third-order valence-electron chi connectivity index (χ3n) is 4.99. The van der Waals surface area contributed by atoms with E-state index in [1.165, 1.54) is 0 Å². The van der Waals surface area contributed by atoms with Crippen LogP contribution in [0.4, 0.5) is 5.69 Å². The summed E-state index contributed by atoms with van der Waals surface area (Å²) in [6.07, 6.45) is 8.72. The first-order chi connectivity index (χ1) is 10.7. The first kappa shape index (κ1) is 15.3. The molecule has 2 aliphatic heterocycles. The number of carbonyl (C=O) groups is 1. The van der Waals surface area contributed by atoms with E-state index in [9.17, 15) is 4.79 Å². The van der Waals surface area contributed by atoms with Gasteiger partial charge in [-0.1, -0.05) is 0 Å². The molecule has 120 valence electrons. The quantitative estimate of drug-likeness (QED) is 0.854. The molecule has 2 aliphatic rings. The predicted molar refractivity (Wildman–Crippen MR) is 85.9 cm³/mol. The van der Waals surface area contributed by atoms with Gasteiger partial charge < -0.3 is 14.5 Å². The molecule has 1 atom stereocenters. The van der Waals surface area contributed by atoms with Crippen LogP contribution in [-0.4, -0.2) is 54.7 Å². The Labute approximate surface area is 132 Å². The minimum atomic E-state index is -0.0258. The average Bonchev–Trinajstić information content (AvgIpc) is 2.56. The van der Waals surface area contributed by atoms with Crippen molar-refractivity contribution in [3.05, 3.63) is 24.5 Å². The molecule has 3 rings (SSSR count). The van der Waals surface area contributed by atoms with Gasteiger partial charge in [0.15, 0.2) is 0 Å². The second-order valence-corrected chi connectivity index (χ2v) is 6.35. The number of hydrogen-bond donors (Lipinski definition) is 0. The summed E-state index contributed by atoms with van der Waals surface area (Å²) in [5.41, 5.74) is 1.13. The van der Waals surface area contributed by atoms with Gasteiger partial charge in [-0.05, 0) is 37.8 Å². The van der Waals surface area contributed by atoms with Crippen LogP contribution in [0.1, 0.15) is 32.1 Å². The van der Waals surface area contributed by atoms with Crippen LogP contribution >= 0.6 is 0 Å². The maximum atomic E-state index is 12.5. The van der Waals surface area contributed by atoms with E-state index in [1.807, 2.05) is 12.3 Å². The van der Waals surface area contributed by atoms with Crippen LogP contribution < -0.4 is 4.90 Å². The largest absolute Gasteiger partial charge is 0.383 e. The van der Waals surface area contributed by atoms with Crippen LogP contribution in [0.25, 0.3) is 0 Å². The zero-order valence-corrected chi connectivity index (χ0v) is 13.3. The zero-order chi connectivity index (χ0) is 15.4. The molecule has 1 amide bonds. The van der Waals surface area contributed by atoms with Crippen LogP contribution in [0.2, 0.25) is 0 Å². The summed E-state index contributed by atoms with van der Waals surface area (Å²) in [6, 6.07) is 4.08. The highest BCUT2D eigenvalue weighted by molar-refractivity contribution is 5.78. The number of carbonyl (C=O) groups excluding carboxylic acids is 1. The normalized spacial score (nSPS) is 25.8. The molecular weight excluding hydrogens is 278 g/mol. The standard InChI is InChI=1S/C17H25N3O2/c1-22-12-11-20-16(21)6-2-7-17(20)8-4-10-19(14-17)15-5-3-9-18-13-15/h3,5,9,13H,2,4,6-8,10-12,14H2,1H3. The Morgan fingerprint density at radius 1 is 1.36 bits per heavy atom. The van der Waals surface area contributed by atoms with E-state index in [-0.39, 0.29) is 11.4 Å². The van der Waals surface area contributed by atoms with Crippen molar-refractivity contribution in [3.63, 3.8) is 0 Å². The summed E-state index contributed by atoms with van der Waals surface area (Å²) >= 11 is 0. The van der Waals surface area contributed by atoms with Crippen molar-refractivity contribution < 1.29 is 9.53 Å². The fourth-order valence-corrected chi connectivity index (χ4v) is 3.95. The molecule has 2 saturated heterocycles. The van der Waals surface area contributed by atoms with E-state index < -0.39 is 0 Å². The van der Waals surface area contributed by atoms with Crippen LogP contribution in [0, 0.1) is 0 Å². The van der Waals surface area contributed by atoms with Gasteiger partial charge in [-0.15, -0.1) is 0 Å². The lowest BCUT2D eigenvalue weighted by Crippen LogP contribution is -2.63. The molecule has 0 N–H and O–H groups in total. The number of amides is 1. The first-order valence-corrected chi connectivity index (χ1v) is 8.20. The lowest BCUT2D eigenvalue weighted by Gasteiger charge is -2.52. The number of methoxy groups -OCH3 is 1. The average molecular weight is 303 g/mol. The van der Waals surface area contributed by atoms with Gasteiger partial charge in [0.1, 0.15) is 0 Å². The van der Waals surface area contributed by atoms with Gasteiger partial charge in [-0.2, -0.15) is 0 Å². The van der Waals surface area contributed by atoms with E-state index in [1.54, 1.807) is 13.3 Å². The SMILES string of the molecule is COCCN1C(=O)CCCC12CCCN(c1cccnc1)C2. The summed E-state index contributed by atoms with van der Waals surface area (Å²) in [5, 5.41) is 0. The van der Waals surface area contributed by atoms with Gasteiger partial charge >= 0.3 is 0 Å². The highest BCUT2D eigenvalue weighted by Gasteiger charge is 2.44. The molecule has 5 heteroatoms. The zero-order valence-electron chi connectivity index (χ0n) is 13.3. The third-order valence-corrected chi connectivity index (χ3v) is 4.99. The van der Waals surface area contributed by atoms with Crippen molar-refractivity contribution in [2.24, 2.45) is 0 Å². The molecule has 2 fully saturated rings. The molecule has 0 bridgehead atoms. The molecule has 22 heavy (non-hydrogen) atoms. The van der Waals surface area contributed by atoms with Gasteiger partial charge in [0.2, 0.25) is 5.91 Å². The van der Waals surface area contributed by atoms with Crippen LogP contribution in [0.3, 0.4) is 0 Å². The van der Waals surface area contributed by atoms with Crippen molar-refractivity contribution in [2.75, 3.05) is 38.3 Å². The van der Waals surface area contributed by atoms with Crippen molar-refractivity contribution >= 4 is 11.6 Å². The maximum absolute atomic E-state index is 12.5. The second-order valence-electron chi connectivity index (χ2n) is 6.35. The third kappa shape index (κ3) is 2.95. The number of pyridine rings is 1. The van der Waals surface area contributed by atoms with Gasteiger partial charge in [-0.3, -0.25) is 9.78 Å². The number of piperidine rings is 2. The van der Waals surface area contributed by atoms with Crippen molar-refractivity contribution in [1.82, 2.24) is 9.88 Å². The van der Waals surface area contributed by atoms with Crippen LogP contribution in [0.5, 0.6) is 0 Å². The van der Waals surface area contributed by atoms with Crippen LogP contribution in [0.15, 0.2) is 24.5 Å². The van der Waals surface area contributed by atoms with Gasteiger partial charge in [0, 0.05) is 39.4 Å². The molecule has 1 unspecified atom stereocenters. The molecule has 1 aromatic heterocycles. The lowest BCUT2D eigenvalue weighted by atomic mass is 9.79. The molecule has 5 nitrogen and oxygen atoms in total. The van der Waals surface area contributed by atoms with Crippen molar-refractivity contribution in [1.29, 1.82) is 0 Å². The highest BCUT2D eigenvalue weighted by Crippen LogP contribution is 2.37. The van der Waals surface area contributed by atoms with Crippen LogP contribution in [-0.2, 0) is 9.53 Å².